The van der Waals surface area contributed by atoms with Crippen molar-refractivity contribution in [3.63, 3.8) is 0 Å². The van der Waals surface area contributed by atoms with Crippen LogP contribution in [-0.4, -0.2) is 62.9 Å². The van der Waals surface area contributed by atoms with Crippen LogP contribution in [0.4, 0.5) is 0 Å². The summed E-state index contributed by atoms with van der Waals surface area (Å²) in [6, 6.07) is 7.40. The predicted octanol–water partition coefficient (Wildman–Crippen LogP) is 2.42. The molecule has 1 saturated heterocycles. The summed E-state index contributed by atoms with van der Waals surface area (Å²) in [7, 11) is -3.38. The average Bonchev–Trinajstić information content (AvgIpc) is 3.11. The lowest BCUT2D eigenvalue weighted by Gasteiger charge is -2.32. The normalized spacial score (nSPS) is 32.4. The van der Waals surface area contributed by atoms with Crippen molar-refractivity contribution in [2.24, 2.45) is 0 Å². The van der Waals surface area contributed by atoms with E-state index in [0.29, 0.717) is 31.9 Å². The van der Waals surface area contributed by atoms with Gasteiger partial charge < -0.3 is 14.4 Å². The molecular weight excluding hydrogens is 404 g/mol. The second-order valence-electron chi connectivity index (χ2n) is 8.74. The third-order valence-electron chi connectivity index (χ3n) is 6.65. The van der Waals surface area contributed by atoms with Gasteiger partial charge >= 0.3 is 0 Å². The van der Waals surface area contributed by atoms with Gasteiger partial charge in [-0.2, -0.15) is 0 Å². The maximum atomic E-state index is 13.4. The molecular formula is C22H32N2O5S. The Morgan fingerprint density at radius 3 is 2.57 bits per heavy atom. The van der Waals surface area contributed by atoms with Crippen LogP contribution in [0.1, 0.15) is 56.9 Å². The zero-order valence-corrected chi connectivity index (χ0v) is 18.6. The number of benzene rings is 1. The third-order valence-corrected chi connectivity index (χ3v) is 7.38. The van der Waals surface area contributed by atoms with Crippen molar-refractivity contribution in [3.05, 3.63) is 29.8 Å². The van der Waals surface area contributed by atoms with E-state index >= 15 is 0 Å². The van der Waals surface area contributed by atoms with Crippen LogP contribution in [0.15, 0.2) is 24.3 Å². The van der Waals surface area contributed by atoms with Crippen LogP contribution < -0.4 is 9.46 Å². The Labute approximate surface area is 179 Å². The van der Waals surface area contributed by atoms with Crippen molar-refractivity contribution >= 4 is 15.9 Å². The van der Waals surface area contributed by atoms with E-state index in [2.05, 4.69) is 10.8 Å². The van der Waals surface area contributed by atoms with E-state index in [9.17, 15) is 13.2 Å². The first-order valence-corrected chi connectivity index (χ1v) is 12.9. The molecule has 3 aliphatic heterocycles. The number of sulfonamides is 1. The van der Waals surface area contributed by atoms with Crippen LogP contribution in [-0.2, 0) is 19.6 Å². The number of hydrogen-bond acceptors (Lipinski definition) is 5. The van der Waals surface area contributed by atoms with E-state index < -0.39 is 16.1 Å². The van der Waals surface area contributed by atoms with Gasteiger partial charge in [0.15, 0.2) is 6.10 Å². The van der Waals surface area contributed by atoms with Gasteiger partial charge in [-0.05, 0) is 56.1 Å². The molecule has 3 heterocycles. The fourth-order valence-corrected chi connectivity index (χ4v) is 5.92. The van der Waals surface area contributed by atoms with Crippen LogP contribution in [0.2, 0.25) is 0 Å². The first-order chi connectivity index (χ1) is 14.4. The topological polar surface area (TPSA) is 84.9 Å². The monoisotopic (exact) mass is 436 g/mol. The van der Waals surface area contributed by atoms with Crippen LogP contribution >= 0.6 is 0 Å². The molecule has 1 N–H and O–H groups in total. The summed E-state index contributed by atoms with van der Waals surface area (Å²) in [5, 5.41) is 0. The summed E-state index contributed by atoms with van der Waals surface area (Å²) in [6.07, 6.45) is 5.80. The van der Waals surface area contributed by atoms with E-state index in [-0.39, 0.29) is 24.1 Å². The van der Waals surface area contributed by atoms with Crippen molar-refractivity contribution in [1.29, 1.82) is 0 Å². The lowest BCUT2D eigenvalue weighted by Crippen LogP contribution is -2.52. The maximum absolute atomic E-state index is 13.4. The minimum Gasteiger partial charge on any atom is -0.480 e. The van der Waals surface area contributed by atoms with Gasteiger partial charge in [0.05, 0.1) is 25.0 Å². The largest absolute Gasteiger partial charge is 0.480 e. The number of para-hydroxylation sites is 1. The fourth-order valence-electron chi connectivity index (χ4n) is 5.09. The molecule has 4 aliphatic rings. The molecule has 5 rings (SSSR count). The van der Waals surface area contributed by atoms with Crippen molar-refractivity contribution < 1.29 is 22.7 Å². The number of nitrogens with zero attached hydrogens (tertiary/aromatic N) is 1. The summed E-state index contributed by atoms with van der Waals surface area (Å²) in [4.78, 5) is 15.2. The number of nitrogens with one attached hydrogen (secondary N) is 1. The number of fused-ring (bicyclic) bond motifs is 5. The first kappa shape index (κ1) is 21.6. The first-order valence-electron chi connectivity index (χ1n) is 11.0. The van der Waals surface area contributed by atoms with E-state index in [1.807, 2.05) is 25.1 Å². The smallest absolute Gasteiger partial charge is 0.264 e. The van der Waals surface area contributed by atoms with Gasteiger partial charge in [-0.15, -0.1) is 0 Å². The molecule has 0 spiro atoms. The van der Waals surface area contributed by atoms with E-state index in [1.54, 1.807) is 4.90 Å². The van der Waals surface area contributed by atoms with Crippen molar-refractivity contribution in [3.8, 4) is 5.75 Å². The molecule has 8 heteroatoms. The van der Waals surface area contributed by atoms with Gasteiger partial charge in [0.25, 0.3) is 5.91 Å². The Balaban J connectivity index is 1.66. The number of amides is 1. The highest BCUT2D eigenvalue weighted by molar-refractivity contribution is 7.88. The summed E-state index contributed by atoms with van der Waals surface area (Å²) in [5.41, 5.74) is 1.18. The number of carbonyl (C=O) groups is 1. The Bertz CT molecular complexity index is 866. The molecule has 2 bridgehead atoms. The fraction of sp³-hybridized carbons (Fsp3) is 0.682. The molecule has 0 radical (unpaired) electrons. The molecule has 1 aliphatic carbocycles. The molecule has 1 aromatic carbocycles. The van der Waals surface area contributed by atoms with Gasteiger partial charge in [0.1, 0.15) is 5.75 Å². The molecule has 1 amide bonds. The minimum absolute atomic E-state index is 0.0923. The quantitative estimate of drug-likeness (QED) is 0.787. The van der Waals surface area contributed by atoms with Crippen molar-refractivity contribution in [2.75, 3.05) is 19.4 Å². The molecule has 2 fully saturated rings. The summed E-state index contributed by atoms with van der Waals surface area (Å²) in [6.45, 7) is 2.79. The minimum atomic E-state index is -3.38. The van der Waals surface area contributed by atoms with Crippen molar-refractivity contribution in [2.45, 2.75) is 75.7 Å². The van der Waals surface area contributed by atoms with E-state index in [4.69, 9.17) is 9.47 Å². The SMILES string of the molecule is CCC1Oc2ccccc2[C@H]2CC[C@H](CC2)OCC2[C@@H](NS(C)(=O)=O)CCN2C1=O. The average molecular weight is 437 g/mol. The second kappa shape index (κ2) is 8.85. The van der Waals surface area contributed by atoms with E-state index in [1.165, 1.54) is 5.56 Å². The van der Waals surface area contributed by atoms with Crippen LogP contribution in [0.3, 0.4) is 0 Å². The zero-order chi connectivity index (χ0) is 21.3. The lowest BCUT2D eigenvalue weighted by molar-refractivity contribution is -0.141. The Morgan fingerprint density at radius 1 is 1.13 bits per heavy atom. The van der Waals surface area contributed by atoms with Gasteiger partial charge in [-0.1, -0.05) is 25.1 Å². The standard InChI is InChI=1S/C22H32N2O5S/c1-3-20-22(25)24-13-12-18(23-30(2,26)27)19(24)14-28-16-10-8-15(9-11-16)17-6-4-5-7-21(17)29-20/h4-7,15-16,18-20,23H,3,8-14H2,1-2H3/t15-,16+,18-,19?,20?/m0/s1. The molecule has 1 saturated carbocycles. The highest BCUT2D eigenvalue weighted by Gasteiger charge is 2.42. The van der Waals surface area contributed by atoms with Crippen LogP contribution in [0, 0.1) is 0 Å². The van der Waals surface area contributed by atoms with Crippen LogP contribution in [0.5, 0.6) is 5.75 Å². The summed E-state index contributed by atoms with van der Waals surface area (Å²) < 4.78 is 39.0. The molecule has 7 nitrogen and oxygen atoms in total. The number of hydrogen-bond donors (Lipinski definition) is 1. The number of ether oxygens (including phenoxy) is 2. The second-order valence-corrected chi connectivity index (χ2v) is 10.5. The number of carbonyl (C=O) groups excluding carboxylic acids is 1. The van der Waals surface area contributed by atoms with E-state index in [0.717, 1.165) is 37.7 Å². The van der Waals surface area contributed by atoms with Gasteiger partial charge in [-0.3, -0.25) is 4.79 Å². The molecule has 1 aromatic rings. The molecule has 3 atom stereocenters. The highest BCUT2D eigenvalue weighted by atomic mass is 32.2. The third kappa shape index (κ3) is 4.65. The van der Waals surface area contributed by atoms with Crippen molar-refractivity contribution in [1.82, 2.24) is 9.62 Å². The Hall–Kier alpha value is -1.64. The number of rotatable bonds is 3. The maximum Gasteiger partial charge on any atom is 0.264 e. The molecule has 0 aromatic heterocycles. The highest BCUT2D eigenvalue weighted by Crippen LogP contribution is 2.39. The molecule has 30 heavy (non-hydrogen) atoms. The zero-order valence-electron chi connectivity index (χ0n) is 17.7. The Morgan fingerprint density at radius 2 is 1.87 bits per heavy atom. The van der Waals surface area contributed by atoms with Gasteiger partial charge in [0.2, 0.25) is 10.0 Å². The summed E-state index contributed by atoms with van der Waals surface area (Å²) in [5.74, 6) is 1.11. The van der Waals surface area contributed by atoms with Gasteiger partial charge in [0, 0.05) is 12.6 Å². The Kier molecular flexibility index (Phi) is 6.36. The molecule has 2 unspecified atom stereocenters. The lowest BCUT2D eigenvalue weighted by atomic mass is 9.82. The van der Waals surface area contributed by atoms with Crippen LogP contribution in [0.25, 0.3) is 0 Å². The van der Waals surface area contributed by atoms with Gasteiger partial charge in [-0.25, -0.2) is 13.1 Å². The summed E-state index contributed by atoms with van der Waals surface area (Å²) >= 11 is 0. The predicted molar refractivity (Wildman–Crippen MR) is 114 cm³/mol. The molecule has 166 valence electrons.